The number of fused-ring (bicyclic) bond motifs is 3. The molecule has 0 saturated carbocycles. The van der Waals surface area contributed by atoms with Gasteiger partial charge in [-0.25, -0.2) is 4.98 Å². The molecule has 1 N–H and O–H groups in total. The fraction of sp³-hybridized carbons (Fsp3) is 0.192. The van der Waals surface area contributed by atoms with Gasteiger partial charge >= 0.3 is 0 Å². The van der Waals surface area contributed by atoms with Crippen molar-refractivity contribution >= 4 is 22.8 Å². The van der Waals surface area contributed by atoms with Crippen molar-refractivity contribution in [2.75, 3.05) is 12.4 Å². The Hall–Kier alpha value is -3.93. The van der Waals surface area contributed by atoms with Crippen LogP contribution in [-0.2, 0) is 4.79 Å². The lowest BCUT2D eigenvalue weighted by Crippen LogP contribution is -2.33. The van der Waals surface area contributed by atoms with E-state index in [1.807, 2.05) is 48.7 Å². The molecule has 6 heteroatoms. The number of aromatic nitrogens is 3. The van der Waals surface area contributed by atoms with E-state index >= 15 is 0 Å². The minimum absolute atomic E-state index is 0.116. The summed E-state index contributed by atoms with van der Waals surface area (Å²) >= 11 is 0. The predicted molar refractivity (Wildman–Crippen MR) is 123 cm³/mol. The highest BCUT2D eigenvalue weighted by atomic mass is 16.5. The van der Waals surface area contributed by atoms with Crippen LogP contribution in [0.1, 0.15) is 35.9 Å². The first-order valence-electron chi connectivity index (χ1n) is 10.8. The Morgan fingerprint density at radius 1 is 1.00 bits per heavy atom. The number of hydrogen-bond acceptors (Lipinski definition) is 5. The van der Waals surface area contributed by atoms with Crippen molar-refractivity contribution in [2.45, 2.75) is 24.8 Å². The second kappa shape index (κ2) is 7.34. The van der Waals surface area contributed by atoms with E-state index in [9.17, 15) is 4.79 Å². The third-order valence-corrected chi connectivity index (χ3v) is 6.49. The summed E-state index contributed by atoms with van der Waals surface area (Å²) in [4.78, 5) is 22.8. The Balaban J connectivity index is 1.48. The first-order valence-corrected chi connectivity index (χ1v) is 10.8. The maximum Gasteiger partial charge on any atom is 0.209 e. The molecule has 2 aliphatic rings. The zero-order valence-electron chi connectivity index (χ0n) is 17.7. The number of ketones is 1. The quantitative estimate of drug-likeness (QED) is 0.511. The fourth-order valence-electron chi connectivity index (χ4n) is 4.99. The third-order valence-electron chi connectivity index (χ3n) is 6.49. The molecule has 4 aromatic rings. The third kappa shape index (κ3) is 2.91. The lowest BCUT2D eigenvalue weighted by Gasteiger charge is -2.36. The molecular weight excluding hydrogens is 400 g/mol. The molecule has 2 atom stereocenters. The molecule has 1 aliphatic heterocycles. The van der Waals surface area contributed by atoms with E-state index in [1.165, 1.54) is 0 Å². The number of methoxy groups -OCH3 is 1. The molecule has 0 unspecified atom stereocenters. The van der Waals surface area contributed by atoms with Gasteiger partial charge in [0.2, 0.25) is 5.95 Å². The molecule has 6 rings (SSSR count). The van der Waals surface area contributed by atoms with Gasteiger partial charge in [0.1, 0.15) is 5.75 Å². The zero-order valence-corrected chi connectivity index (χ0v) is 17.7. The van der Waals surface area contributed by atoms with Crippen molar-refractivity contribution < 1.29 is 9.53 Å². The molecule has 2 aromatic heterocycles. The summed E-state index contributed by atoms with van der Waals surface area (Å²) in [5, 5.41) is 3.51. The smallest absolute Gasteiger partial charge is 0.209 e. The molecule has 0 fully saturated rings. The average molecular weight is 422 g/mol. The van der Waals surface area contributed by atoms with Crippen molar-refractivity contribution in [3.05, 3.63) is 95.5 Å². The van der Waals surface area contributed by atoms with Crippen LogP contribution in [0.2, 0.25) is 0 Å². The summed E-state index contributed by atoms with van der Waals surface area (Å²) in [6.07, 6.45) is 4.84. The van der Waals surface area contributed by atoms with E-state index in [4.69, 9.17) is 9.72 Å². The minimum Gasteiger partial charge on any atom is -0.497 e. The number of nitrogens with one attached hydrogen (secondary N) is 1. The molecule has 158 valence electrons. The standard InChI is InChI=1S/C26H22N4O2/c1-32-19-10-8-16(9-11-19)18-13-21-24(23(31)14-18)25(17-5-4-12-27-15-17)30-22-7-3-2-6-20(22)28-26(30)29-21/h2-12,15,18,25H,13-14H2,1H3,(H,28,29)/t18-,25+/m1/s1. The van der Waals surface area contributed by atoms with E-state index < -0.39 is 0 Å². The lowest BCUT2D eigenvalue weighted by atomic mass is 9.78. The van der Waals surface area contributed by atoms with Gasteiger partial charge in [0.15, 0.2) is 5.78 Å². The Kier molecular flexibility index (Phi) is 4.31. The highest BCUT2D eigenvalue weighted by molar-refractivity contribution is 6.01. The van der Waals surface area contributed by atoms with Crippen LogP contribution in [0.4, 0.5) is 5.95 Å². The number of benzene rings is 2. The molecule has 3 heterocycles. The lowest BCUT2D eigenvalue weighted by molar-refractivity contribution is -0.116. The van der Waals surface area contributed by atoms with Crippen LogP contribution < -0.4 is 10.1 Å². The first kappa shape index (κ1) is 18.8. The topological polar surface area (TPSA) is 69.0 Å². The summed E-state index contributed by atoms with van der Waals surface area (Å²) in [7, 11) is 1.66. The van der Waals surface area contributed by atoms with Gasteiger partial charge in [0.05, 0.1) is 24.2 Å². The van der Waals surface area contributed by atoms with Crippen LogP contribution in [0.25, 0.3) is 11.0 Å². The van der Waals surface area contributed by atoms with Gasteiger partial charge in [-0.05, 0) is 53.8 Å². The maximum absolute atomic E-state index is 13.6. The minimum atomic E-state index is -0.244. The van der Waals surface area contributed by atoms with E-state index in [0.29, 0.717) is 6.42 Å². The molecule has 32 heavy (non-hydrogen) atoms. The molecule has 1 aliphatic carbocycles. The largest absolute Gasteiger partial charge is 0.497 e. The average Bonchev–Trinajstić information content (AvgIpc) is 3.21. The summed E-state index contributed by atoms with van der Waals surface area (Å²) < 4.78 is 7.42. The number of nitrogens with zero attached hydrogens (tertiary/aromatic N) is 3. The Morgan fingerprint density at radius 3 is 2.62 bits per heavy atom. The summed E-state index contributed by atoms with van der Waals surface area (Å²) in [5.41, 5.74) is 5.81. The second-order valence-corrected chi connectivity index (χ2v) is 8.30. The van der Waals surface area contributed by atoms with Crippen LogP contribution in [0, 0.1) is 0 Å². The van der Waals surface area contributed by atoms with Gasteiger partial charge in [-0.15, -0.1) is 0 Å². The van der Waals surface area contributed by atoms with Crippen molar-refractivity contribution in [3.63, 3.8) is 0 Å². The number of carbonyl (C=O) groups is 1. The van der Waals surface area contributed by atoms with Gasteiger partial charge in [-0.1, -0.05) is 30.3 Å². The van der Waals surface area contributed by atoms with Crippen molar-refractivity contribution in [3.8, 4) is 5.75 Å². The molecule has 0 spiro atoms. The van der Waals surface area contributed by atoms with Gasteiger partial charge < -0.3 is 10.1 Å². The zero-order chi connectivity index (χ0) is 21.7. The number of allylic oxidation sites excluding steroid dienone is 2. The molecular formula is C26H22N4O2. The highest BCUT2D eigenvalue weighted by Crippen LogP contribution is 2.45. The number of carbonyl (C=O) groups excluding carboxylic acids is 1. The molecule has 6 nitrogen and oxygen atoms in total. The molecule has 2 aromatic carbocycles. The fourth-order valence-corrected chi connectivity index (χ4v) is 4.99. The van der Waals surface area contributed by atoms with Gasteiger partial charge in [-0.3, -0.25) is 14.3 Å². The summed E-state index contributed by atoms with van der Waals surface area (Å²) in [6, 6.07) is 19.8. The van der Waals surface area contributed by atoms with Gasteiger partial charge in [-0.2, -0.15) is 0 Å². The van der Waals surface area contributed by atoms with Crippen LogP contribution in [-0.4, -0.2) is 27.4 Å². The monoisotopic (exact) mass is 422 g/mol. The van der Waals surface area contributed by atoms with E-state index in [-0.39, 0.29) is 17.7 Å². The van der Waals surface area contributed by atoms with E-state index in [2.05, 4.69) is 33.1 Å². The predicted octanol–water partition coefficient (Wildman–Crippen LogP) is 4.86. The maximum atomic E-state index is 13.6. The number of anilines is 1. The normalized spacial score (nSPS) is 20.0. The number of pyridine rings is 1. The van der Waals surface area contributed by atoms with Crippen molar-refractivity contribution in [1.29, 1.82) is 0 Å². The van der Waals surface area contributed by atoms with Crippen LogP contribution in [0.5, 0.6) is 5.75 Å². The number of imidazole rings is 1. The molecule has 0 amide bonds. The molecule has 0 saturated heterocycles. The number of rotatable bonds is 3. The highest BCUT2D eigenvalue weighted by Gasteiger charge is 2.39. The number of hydrogen-bond donors (Lipinski definition) is 1. The van der Waals surface area contributed by atoms with Crippen LogP contribution in [0.3, 0.4) is 0 Å². The first-order chi connectivity index (χ1) is 15.7. The number of ether oxygens (including phenoxy) is 1. The summed E-state index contributed by atoms with van der Waals surface area (Å²) in [6.45, 7) is 0. The number of para-hydroxylation sites is 2. The molecule has 0 radical (unpaired) electrons. The Morgan fingerprint density at radius 2 is 1.84 bits per heavy atom. The Labute approximate surface area is 185 Å². The van der Waals surface area contributed by atoms with E-state index in [0.717, 1.165) is 51.5 Å². The van der Waals surface area contributed by atoms with Crippen molar-refractivity contribution in [2.24, 2.45) is 0 Å². The van der Waals surface area contributed by atoms with Gasteiger partial charge in [0.25, 0.3) is 0 Å². The SMILES string of the molecule is COc1ccc([C@H]2CC(=O)C3=C(C2)Nc2nc4ccccc4n2[C@H]3c2cccnc2)cc1. The summed E-state index contributed by atoms with van der Waals surface area (Å²) in [5.74, 6) is 1.86. The second-order valence-electron chi connectivity index (χ2n) is 8.30. The van der Waals surface area contributed by atoms with E-state index in [1.54, 1.807) is 13.3 Å². The molecule has 0 bridgehead atoms. The van der Waals surface area contributed by atoms with Crippen LogP contribution >= 0.6 is 0 Å². The van der Waals surface area contributed by atoms with Crippen molar-refractivity contribution in [1.82, 2.24) is 14.5 Å². The Bertz CT molecular complexity index is 1360. The number of Topliss-reactive ketones (excluding diaryl/α,β-unsaturated/α-hetero) is 1. The van der Waals surface area contributed by atoms with Crippen LogP contribution in [0.15, 0.2) is 84.3 Å². The van der Waals surface area contributed by atoms with Gasteiger partial charge in [0, 0.05) is 30.1 Å².